The van der Waals surface area contributed by atoms with Crippen LogP contribution < -0.4 is 5.32 Å². The Labute approximate surface area is 61.4 Å². The maximum atomic E-state index is 5.16. The average molecular weight is 142 g/mol. The normalized spacial score (nSPS) is 21.7. The van der Waals surface area contributed by atoms with Crippen LogP contribution in [0.15, 0.2) is 5.16 Å². The molecule has 0 saturated carbocycles. The van der Waals surface area contributed by atoms with Crippen molar-refractivity contribution in [3.8, 4) is 0 Å². The molecule has 0 aromatic heterocycles. The first kappa shape index (κ1) is 7.54. The summed E-state index contributed by atoms with van der Waals surface area (Å²) in [6.07, 6.45) is 4.19. The van der Waals surface area contributed by atoms with E-state index in [0.29, 0.717) is 6.10 Å². The molecular formula is C7H14N2O. The van der Waals surface area contributed by atoms with E-state index in [0.717, 1.165) is 25.9 Å². The van der Waals surface area contributed by atoms with Gasteiger partial charge in [-0.05, 0) is 32.9 Å². The zero-order valence-electron chi connectivity index (χ0n) is 6.34. The van der Waals surface area contributed by atoms with Crippen molar-refractivity contribution in [1.29, 1.82) is 0 Å². The van der Waals surface area contributed by atoms with Crippen LogP contribution in [0, 0.1) is 0 Å². The summed E-state index contributed by atoms with van der Waals surface area (Å²) >= 11 is 0. The minimum absolute atomic E-state index is 0.345. The highest BCUT2D eigenvalue weighted by Crippen LogP contribution is 2.06. The molecule has 58 valence electrons. The van der Waals surface area contributed by atoms with Gasteiger partial charge in [-0.3, -0.25) is 0 Å². The highest BCUT2D eigenvalue weighted by molar-refractivity contribution is 5.52. The van der Waals surface area contributed by atoms with E-state index < -0.39 is 0 Å². The topological polar surface area (TPSA) is 33.6 Å². The van der Waals surface area contributed by atoms with Gasteiger partial charge in [0.15, 0.2) is 0 Å². The third-order valence-electron chi connectivity index (χ3n) is 1.60. The van der Waals surface area contributed by atoms with E-state index in [9.17, 15) is 0 Å². The molecule has 0 unspecified atom stereocenters. The maximum Gasteiger partial charge on any atom is 0.130 e. The van der Waals surface area contributed by atoms with Crippen LogP contribution in [0.2, 0.25) is 0 Å². The fraction of sp³-hybridized carbons (Fsp3) is 0.857. The van der Waals surface area contributed by atoms with E-state index in [4.69, 9.17) is 4.84 Å². The smallest absolute Gasteiger partial charge is 0.130 e. The summed E-state index contributed by atoms with van der Waals surface area (Å²) in [6.45, 7) is 3.98. The summed E-state index contributed by atoms with van der Waals surface area (Å²) in [4.78, 5) is 5.16. The summed E-state index contributed by atoms with van der Waals surface area (Å²) in [7, 11) is 0. The molecule has 0 atom stereocenters. The van der Waals surface area contributed by atoms with Crippen molar-refractivity contribution in [2.24, 2.45) is 5.16 Å². The molecule has 0 bridgehead atoms. The second-order valence-corrected chi connectivity index (χ2v) is 2.42. The molecule has 3 nitrogen and oxygen atoms in total. The van der Waals surface area contributed by atoms with Gasteiger partial charge in [-0.15, -0.1) is 0 Å². The SMILES string of the molecule is CC=NOC1CCNCC1. The first-order valence-corrected chi connectivity index (χ1v) is 3.78. The van der Waals surface area contributed by atoms with Gasteiger partial charge in [-0.2, -0.15) is 0 Å². The second kappa shape index (κ2) is 4.28. The Morgan fingerprint density at radius 1 is 1.50 bits per heavy atom. The Balaban J connectivity index is 2.13. The van der Waals surface area contributed by atoms with Crippen molar-refractivity contribution in [2.75, 3.05) is 13.1 Å². The number of nitrogens with zero attached hydrogens (tertiary/aromatic N) is 1. The molecule has 1 fully saturated rings. The second-order valence-electron chi connectivity index (χ2n) is 2.42. The minimum Gasteiger partial charge on any atom is -0.393 e. The zero-order chi connectivity index (χ0) is 7.23. The molecule has 1 rings (SSSR count). The number of hydrogen-bond donors (Lipinski definition) is 1. The Bertz CT molecular complexity index is 108. The van der Waals surface area contributed by atoms with Crippen LogP contribution in [-0.4, -0.2) is 25.4 Å². The first-order valence-electron chi connectivity index (χ1n) is 3.78. The van der Waals surface area contributed by atoms with Gasteiger partial charge in [0.25, 0.3) is 0 Å². The Hall–Kier alpha value is -0.570. The number of hydrogen-bond acceptors (Lipinski definition) is 3. The molecule has 0 radical (unpaired) electrons. The fourth-order valence-electron chi connectivity index (χ4n) is 1.05. The van der Waals surface area contributed by atoms with Gasteiger partial charge in [0.2, 0.25) is 0 Å². The molecule has 1 saturated heterocycles. The third kappa shape index (κ3) is 2.35. The molecule has 0 spiro atoms. The Morgan fingerprint density at radius 3 is 2.80 bits per heavy atom. The van der Waals surface area contributed by atoms with Crippen LogP contribution in [0.1, 0.15) is 19.8 Å². The van der Waals surface area contributed by atoms with Crippen molar-refractivity contribution in [3.63, 3.8) is 0 Å². The van der Waals surface area contributed by atoms with Crippen molar-refractivity contribution in [3.05, 3.63) is 0 Å². The monoisotopic (exact) mass is 142 g/mol. The summed E-state index contributed by atoms with van der Waals surface area (Å²) in [5, 5.41) is 7.00. The van der Waals surface area contributed by atoms with E-state index in [2.05, 4.69) is 10.5 Å². The molecule has 1 N–H and O–H groups in total. The van der Waals surface area contributed by atoms with Gasteiger partial charge in [0.1, 0.15) is 6.10 Å². The number of nitrogens with one attached hydrogen (secondary N) is 1. The van der Waals surface area contributed by atoms with Crippen LogP contribution in [-0.2, 0) is 4.84 Å². The van der Waals surface area contributed by atoms with E-state index in [1.165, 1.54) is 0 Å². The van der Waals surface area contributed by atoms with Gasteiger partial charge in [0, 0.05) is 6.21 Å². The van der Waals surface area contributed by atoms with Crippen LogP contribution >= 0.6 is 0 Å². The van der Waals surface area contributed by atoms with Crippen LogP contribution in [0.4, 0.5) is 0 Å². The average Bonchev–Trinajstić information content (AvgIpc) is 2.03. The molecule has 1 heterocycles. The molecule has 0 aromatic carbocycles. The standard InChI is InChI=1S/C7H14N2O/c1-2-9-10-7-3-5-8-6-4-7/h2,7-8H,3-6H2,1H3. The molecule has 10 heavy (non-hydrogen) atoms. The predicted octanol–water partition coefficient (Wildman–Crippen LogP) is 0.761. The molecule has 1 aliphatic heterocycles. The number of piperidine rings is 1. The minimum atomic E-state index is 0.345. The quantitative estimate of drug-likeness (QED) is 0.456. The summed E-state index contributed by atoms with van der Waals surface area (Å²) < 4.78 is 0. The van der Waals surface area contributed by atoms with Crippen LogP contribution in [0.25, 0.3) is 0 Å². The van der Waals surface area contributed by atoms with Gasteiger partial charge in [-0.25, -0.2) is 0 Å². The molecule has 0 aromatic rings. The van der Waals surface area contributed by atoms with Crippen molar-refractivity contribution < 1.29 is 4.84 Å². The first-order chi connectivity index (χ1) is 4.93. The zero-order valence-corrected chi connectivity index (χ0v) is 6.34. The lowest BCUT2D eigenvalue weighted by Gasteiger charge is -2.19. The summed E-state index contributed by atoms with van der Waals surface area (Å²) in [6, 6.07) is 0. The van der Waals surface area contributed by atoms with Crippen molar-refractivity contribution in [1.82, 2.24) is 5.32 Å². The van der Waals surface area contributed by atoms with Crippen molar-refractivity contribution >= 4 is 6.21 Å². The Kier molecular flexibility index (Phi) is 3.22. The van der Waals surface area contributed by atoms with Gasteiger partial charge in [-0.1, -0.05) is 5.16 Å². The van der Waals surface area contributed by atoms with Crippen LogP contribution in [0.5, 0.6) is 0 Å². The molecule has 3 heteroatoms. The number of rotatable bonds is 2. The summed E-state index contributed by atoms with van der Waals surface area (Å²) in [5.74, 6) is 0. The highest BCUT2D eigenvalue weighted by atomic mass is 16.6. The molecular weight excluding hydrogens is 128 g/mol. The van der Waals surface area contributed by atoms with Crippen molar-refractivity contribution in [2.45, 2.75) is 25.9 Å². The van der Waals surface area contributed by atoms with Gasteiger partial charge in [0.05, 0.1) is 0 Å². The lowest BCUT2D eigenvalue weighted by molar-refractivity contribution is 0.0386. The van der Waals surface area contributed by atoms with E-state index in [1.54, 1.807) is 6.21 Å². The fourth-order valence-corrected chi connectivity index (χ4v) is 1.05. The molecule has 0 amide bonds. The highest BCUT2D eigenvalue weighted by Gasteiger charge is 2.12. The lowest BCUT2D eigenvalue weighted by Crippen LogP contribution is -2.31. The maximum absolute atomic E-state index is 5.16. The summed E-state index contributed by atoms with van der Waals surface area (Å²) in [5.41, 5.74) is 0. The molecule has 0 aliphatic carbocycles. The Morgan fingerprint density at radius 2 is 2.20 bits per heavy atom. The van der Waals surface area contributed by atoms with Crippen LogP contribution in [0.3, 0.4) is 0 Å². The largest absolute Gasteiger partial charge is 0.393 e. The van der Waals surface area contributed by atoms with E-state index >= 15 is 0 Å². The van der Waals surface area contributed by atoms with E-state index in [-0.39, 0.29) is 0 Å². The van der Waals surface area contributed by atoms with E-state index in [1.807, 2.05) is 6.92 Å². The number of oxime groups is 1. The van der Waals surface area contributed by atoms with Gasteiger partial charge >= 0.3 is 0 Å². The molecule has 1 aliphatic rings. The van der Waals surface area contributed by atoms with Gasteiger partial charge < -0.3 is 10.2 Å². The lowest BCUT2D eigenvalue weighted by atomic mass is 10.1. The third-order valence-corrected chi connectivity index (χ3v) is 1.60. The predicted molar refractivity (Wildman–Crippen MR) is 41.1 cm³/mol.